The molecule has 3 aromatic heterocycles. The Morgan fingerprint density at radius 3 is 2.88 bits per heavy atom. The van der Waals surface area contributed by atoms with Crippen LogP contribution >= 0.6 is 22.9 Å². The molecule has 168 valence electrons. The van der Waals surface area contributed by atoms with E-state index in [1.165, 1.54) is 23.6 Å². The summed E-state index contributed by atoms with van der Waals surface area (Å²) >= 11 is 7.43. The monoisotopic (exact) mass is 481 g/mol. The Kier molecular flexibility index (Phi) is 6.33. The summed E-state index contributed by atoms with van der Waals surface area (Å²) < 4.78 is 29.0. The maximum atomic E-state index is 13.7. The van der Waals surface area contributed by atoms with Crippen LogP contribution in [0.5, 0.6) is 5.88 Å². The van der Waals surface area contributed by atoms with Crippen molar-refractivity contribution in [1.29, 1.82) is 0 Å². The van der Waals surface area contributed by atoms with Gasteiger partial charge in [0.2, 0.25) is 5.88 Å². The largest absolute Gasteiger partial charge is 0.632 e. The van der Waals surface area contributed by atoms with Crippen LogP contribution in [0.4, 0.5) is 14.6 Å². The van der Waals surface area contributed by atoms with Crippen molar-refractivity contribution in [2.75, 3.05) is 11.9 Å². The highest BCUT2D eigenvalue weighted by atomic mass is 35.5. The summed E-state index contributed by atoms with van der Waals surface area (Å²) in [6, 6.07) is 2.69. The van der Waals surface area contributed by atoms with Crippen LogP contribution in [0.2, 0.25) is 5.02 Å². The number of amides is 1. The Bertz CT molecular complexity index is 1130. The van der Waals surface area contributed by atoms with Crippen LogP contribution in [0.15, 0.2) is 35.4 Å². The van der Waals surface area contributed by atoms with Gasteiger partial charge in [0.15, 0.2) is 6.61 Å². The molecule has 0 radical (unpaired) electrons. The average molecular weight is 482 g/mol. The molecular formula is C20H18ClF2N5O3S. The van der Waals surface area contributed by atoms with Crippen molar-refractivity contribution in [1.82, 2.24) is 15.0 Å². The third kappa shape index (κ3) is 4.56. The van der Waals surface area contributed by atoms with E-state index in [9.17, 15) is 18.8 Å². The Balaban J connectivity index is 1.53. The summed E-state index contributed by atoms with van der Waals surface area (Å²) in [5.74, 6) is -0.178. The molecule has 0 fully saturated rings. The van der Waals surface area contributed by atoms with Crippen molar-refractivity contribution < 1.29 is 23.0 Å². The number of aromatic nitrogens is 3. The van der Waals surface area contributed by atoms with E-state index in [2.05, 4.69) is 20.3 Å². The molecule has 1 N–H and O–H groups in total. The van der Waals surface area contributed by atoms with Gasteiger partial charge in [-0.05, 0) is 19.1 Å². The molecule has 4 rings (SSSR count). The molecular weight excluding hydrogens is 464 g/mol. The van der Waals surface area contributed by atoms with Gasteiger partial charge in [-0.2, -0.15) is 0 Å². The van der Waals surface area contributed by atoms with E-state index in [1.54, 1.807) is 30.1 Å². The Hall–Kier alpha value is -2.73. The lowest BCUT2D eigenvalue weighted by Gasteiger charge is -2.44. The molecule has 0 bridgehead atoms. The summed E-state index contributed by atoms with van der Waals surface area (Å²) in [7, 11) is 0. The molecule has 1 aliphatic heterocycles. The molecule has 0 saturated carbocycles. The van der Waals surface area contributed by atoms with Crippen LogP contribution in [0.1, 0.15) is 40.1 Å². The van der Waals surface area contributed by atoms with Crippen molar-refractivity contribution in [3.8, 4) is 5.88 Å². The highest BCUT2D eigenvalue weighted by Crippen LogP contribution is 2.41. The lowest BCUT2D eigenvalue weighted by atomic mass is 10.1. The van der Waals surface area contributed by atoms with Crippen LogP contribution in [0, 0.1) is 5.21 Å². The van der Waals surface area contributed by atoms with Gasteiger partial charge >= 0.3 is 0 Å². The number of rotatable bonds is 7. The van der Waals surface area contributed by atoms with Gasteiger partial charge in [0.1, 0.15) is 35.7 Å². The molecule has 2 atom stereocenters. The number of anilines is 1. The number of carbonyl (C=O) groups is 1. The number of hydrogen-bond acceptors (Lipinski definition) is 7. The summed E-state index contributed by atoms with van der Waals surface area (Å²) in [6.07, 6.45) is 0.300. The standard InChI is InChI=1S/C20H18ClF2N5O3S/c1-11(13-4-15(21)20(25-5-13)31-8-17(22)23)28(30)6-12-2-3-24-18(14(12)7-28)27-19(29)16-9-32-10-26-16/h2-5,9-11,17H,6-8H2,1H3,(H,24,27,29). The van der Waals surface area contributed by atoms with Gasteiger partial charge in [-0.1, -0.05) is 11.6 Å². The van der Waals surface area contributed by atoms with Gasteiger partial charge in [-0.15, -0.1) is 11.3 Å². The number of alkyl halides is 2. The minimum Gasteiger partial charge on any atom is -0.632 e. The topological polar surface area (TPSA) is 100 Å². The van der Waals surface area contributed by atoms with E-state index in [1.807, 2.05) is 0 Å². The number of hydroxylamine groups is 3. The van der Waals surface area contributed by atoms with E-state index < -0.39 is 29.6 Å². The van der Waals surface area contributed by atoms with Gasteiger partial charge in [0.05, 0.1) is 11.1 Å². The second-order valence-electron chi connectivity index (χ2n) is 7.33. The third-order valence-electron chi connectivity index (χ3n) is 5.28. The zero-order chi connectivity index (χ0) is 22.9. The van der Waals surface area contributed by atoms with Crippen molar-refractivity contribution in [2.24, 2.45) is 0 Å². The molecule has 0 aliphatic carbocycles. The summed E-state index contributed by atoms with van der Waals surface area (Å²) in [6.45, 7) is 1.17. The first-order chi connectivity index (χ1) is 15.3. The van der Waals surface area contributed by atoms with Crippen molar-refractivity contribution in [3.05, 3.63) is 68.0 Å². The molecule has 1 amide bonds. The Morgan fingerprint density at radius 2 is 2.19 bits per heavy atom. The van der Waals surface area contributed by atoms with Crippen molar-refractivity contribution in [2.45, 2.75) is 32.5 Å². The predicted octanol–water partition coefficient (Wildman–Crippen LogP) is 4.57. The number of fused-ring (bicyclic) bond motifs is 1. The Morgan fingerprint density at radius 1 is 1.38 bits per heavy atom. The first-order valence-corrected chi connectivity index (χ1v) is 10.9. The van der Waals surface area contributed by atoms with Crippen LogP contribution < -0.4 is 10.1 Å². The van der Waals surface area contributed by atoms with Gasteiger partial charge in [-0.3, -0.25) is 4.79 Å². The van der Waals surface area contributed by atoms with E-state index in [-0.39, 0.29) is 29.7 Å². The average Bonchev–Trinajstić information content (AvgIpc) is 3.41. The highest BCUT2D eigenvalue weighted by Gasteiger charge is 2.37. The maximum absolute atomic E-state index is 13.7. The molecule has 3 aromatic rings. The van der Waals surface area contributed by atoms with Gasteiger partial charge in [0.25, 0.3) is 12.3 Å². The number of thiazole rings is 1. The summed E-state index contributed by atoms with van der Waals surface area (Å²) in [4.78, 5) is 24.6. The number of carbonyl (C=O) groups excluding carboxylic acids is 1. The number of quaternary nitrogens is 1. The van der Waals surface area contributed by atoms with E-state index in [0.717, 1.165) is 5.56 Å². The number of hydrogen-bond donors (Lipinski definition) is 1. The highest BCUT2D eigenvalue weighted by molar-refractivity contribution is 7.07. The molecule has 2 unspecified atom stereocenters. The zero-order valence-electron chi connectivity index (χ0n) is 16.8. The minimum atomic E-state index is -2.65. The van der Waals surface area contributed by atoms with Crippen LogP contribution in [0.3, 0.4) is 0 Å². The second-order valence-corrected chi connectivity index (χ2v) is 8.45. The Labute approximate surface area is 191 Å². The molecule has 8 nitrogen and oxygen atoms in total. The molecule has 0 spiro atoms. The van der Waals surface area contributed by atoms with Crippen molar-refractivity contribution in [3.63, 3.8) is 0 Å². The SMILES string of the molecule is CC(c1cnc(OCC(F)F)c(Cl)c1)[N+]1([O-])Cc2ccnc(NC(=O)c3cscn3)c2C1. The van der Waals surface area contributed by atoms with Crippen molar-refractivity contribution >= 4 is 34.7 Å². The molecule has 4 heterocycles. The van der Waals surface area contributed by atoms with Gasteiger partial charge in [-0.25, -0.2) is 23.7 Å². The first kappa shape index (κ1) is 22.5. The quantitative estimate of drug-likeness (QED) is 0.392. The number of pyridine rings is 2. The molecule has 1 aliphatic rings. The number of ether oxygens (including phenoxy) is 1. The number of halogens is 3. The number of nitrogens with zero attached hydrogens (tertiary/aromatic N) is 4. The maximum Gasteiger partial charge on any atom is 0.276 e. The minimum absolute atomic E-state index is 0.0520. The lowest BCUT2D eigenvalue weighted by molar-refractivity contribution is -0.928. The predicted molar refractivity (Wildman–Crippen MR) is 115 cm³/mol. The van der Waals surface area contributed by atoms with Crippen LogP contribution in [-0.4, -0.2) is 38.5 Å². The molecule has 0 saturated heterocycles. The fourth-order valence-corrected chi connectivity index (χ4v) is 4.30. The zero-order valence-corrected chi connectivity index (χ0v) is 18.4. The fourth-order valence-electron chi connectivity index (χ4n) is 3.54. The molecule has 32 heavy (non-hydrogen) atoms. The lowest BCUT2D eigenvalue weighted by Crippen LogP contribution is -2.38. The third-order valence-corrected chi connectivity index (χ3v) is 6.13. The second kappa shape index (κ2) is 9.02. The fraction of sp³-hybridized carbons (Fsp3) is 0.300. The van der Waals surface area contributed by atoms with E-state index in [4.69, 9.17) is 16.3 Å². The van der Waals surface area contributed by atoms with Gasteiger partial charge < -0.3 is 19.9 Å². The van der Waals surface area contributed by atoms with Crippen LogP contribution in [-0.2, 0) is 13.1 Å². The molecule has 12 heteroatoms. The van der Waals surface area contributed by atoms with E-state index >= 15 is 0 Å². The summed E-state index contributed by atoms with van der Waals surface area (Å²) in [5, 5.41) is 18.1. The molecule has 0 aromatic carbocycles. The first-order valence-electron chi connectivity index (χ1n) is 9.57. The smallest absolute Gasteiger partial charge is 0.276 e. The van der Waals surface area contributed by atoms with Gasteiger partial charge in [0, 0.05) is 28.9 Å². The van der Waals surface area contributed by atoms with Crippen LogP contribution in [0.25, 0.3) is 0 Å². The normalized spacial score (nSPS) is 18.4. The number of nitrogens with one attached hydrogen (secondary N) is 1. The van der Waals surface area contributed by atoms with E-state index in [0.29, 0.717) is 16.9 Å². The summed E-state index contributed by atoms with van der Waals surface area (Å²) in [5.41, 5.74) is 3.82.